The maximum absolute atomic E-state index is 12.7. The summed E-state index contributed by atoms with van der Waals surface area (Å²) in [6.45, 7) is 0.648. The molecule has 1 aromatic carbocycles. The smallest absolute Gasteiger partial charge is 0.254 e. The SMILES string of the molecule is CN(C(=O)c1cc(Cl)ccc1I)C1CCCCC1CN. The topological polar surface area (TPSA) is 46.3 Å². The van der Waals surface area contributed by atoms with Crippen molar-refractivity contribution in [2.24, 2.45) is 11.7 Å². The van der Waals surface area contributed by atoms with Crippen LogP contribution in [0.5, 0.6) is 0 Å². The summed E-state index contributed by atoms with van der Waals surface area (Å²) < 4.78 is 0.934. The summed E-state index contributed by atoms with van der Waals surface area (Å²) in [7, 11) is 1.89. The van der Waals surface area contributed by atoms with E-state index in [0.717, 1.165) is 16.4 Å². The summed E-state index contributed by atoms with van der Waals surface area (Å²) in [5.41, 5.74) is 6.55. The predicted octanol–water partition coefficient (Wildman–Crippen LogP) is 3.53. The Hall–Kier alpha value is -0.330. The van der Waals surface area contributed by atoms with Crippen molar-refractivity contribution >= 4 is 40.1 Å². The molecule has 0 spiro atoms. The first kappa shape index (κ1) is 16.0. The number of carbonyl (C=O) groups excluding carboxylic acids is 1. The van der Waals surface area contributed by atoms with Crippen LogP contribution in [0.25, 0.3) is 0 Å². The van der Waals surface area contributed by atoms with Gasteiger partial charge in [0, 0.05) is 21.7 Å². The summed E-state index contributed by atoms with van der Waals surface area (Å²) in [5.74, 6) is 0.455. The molecule has 0 aliphatic heterocycles. The Morgan fingerprint density at radius 3 is 2.85 bits per heavy atom. The van der Waals surface area contributed by atoms with Crippen molar-refractivity contribution in [3.05, 3.63) is 32.4 Å². The van der Waals surface area contributed by atoms with E-state index in [0.29, 0.717) is 23.0 Å². The molecule has 2 N–H and O–H groups in total. The molecule has 0 bridgehead atoms. The highest BCUT2D eigenvalue weighted by Crippen LogP contribution is 2.29. The van der Waals surface area contributed by atoms with E-state index < -0.39 is 0 Å². The highest BCUT2D eigenvalue weighted by molar-refractivity contribution is 14.1. The molecule has 1 aromatic rings. The Balaban J connectivity index is 2.21. The lowest BCUT2D eigenvalue weighted by atomic mass is 9.83. The average Bonchev–Trinajstić information content (AvgIpc) is 2.48. The van der Waals surface area contributed by atoms with Gasteiger partial charge >= 0.3 is 0 Å². The number of benzene rings is 1. The van der Waals surface area contributed by atoms with Gasteiger partial charge in [0.1, 0.15) is 0 Å². The van der Waals surface area contributed by atoms with E-state index in [1.165, 1.54) is 12.8 Å². The Morgan fingerprint density at radius 1 is 1.45 bits per heavy atom. The second kappa shape index (κ2) is 7.09. The van der Waals surface area contributed by atoms with Gasteiger partial charge in [-0.05, 0) is 66.1 Å². The summed E-state index contributed by atoms with van der Waals surface area (Å²) >= 11 is 8.19. The molecule has 110 valence electrons. The van der Waals surface area contributed by atoms with Gasteiger partial charge in [-0.25, -0.2) is 0 Å². The van der Waals surface area contributed by atoms with E-state index in [2.05, 4.69) is 22.6 Å². The van der Waals surface area contributed by atoms with Crippen LogP contribution in [-0.4, -0.2) is 30.4 Å². The standard InChI is InChI=1S/C15H20ClIN2O/c1-19(14-5-3-2-4-10(14)9-18)15(20)12-8-11(16)6-7-13(12)17/h6-8,10,14H,2-5,9,18H2,1H3. The van der Waals surface area contributed by atoms with Gasteiger partial charge in [0.25, 0.3) is 5.91 Å². The molecule has 0 aromatic heterocycles. The molecular formula is C15H20ClIN2O. The van der Waals surface area contributed by atoms with Gasteiger partial charge in [0.05, 0.1) is 5.56 Å². The zero-order valence-electron chi connectivity index (χ0n) is 11.6. The molecular weight excluding hydrogens is 387 g/mol. The molecule has 0 saturated heterocycles. The van der Waals surface area contributed by atoms with Gasteiger partial charge in [-0.15, -0.1) is 0 Å². The summed E-state index contributed by atoms with van der Waals surface area (Å²) in [6, 6.07) is 5.69. The molecule has 20 heavy (non-hydrogen) atoms. The minimum absolute atomic E-state index is 0.0437. The lowest BCUT2D eigenvalue weighted by Gasteiger charge is -2.37. The van der Waals surface area contributed by atoms with Crippen LogP contribution in [0.4, 0.5) is 0 Å². The summed E-state index contributed by atoms with van der Waals surface area (Å²) in [5, 5.41) is 0.598. The van der Waals surface area contributed by atoms with Crippen molar-refractivity contribution in [3.63, 3.8) is 0 Å². The molecule has 5 heteroatoms. The summed E-state index contributed by atoms with van der Waals surface area (Å²) in [6.07, 6.45) is 4.55. The zero-order valence-corrected chi connectivity index (χ0v) is 14.5. The predicted molar refractivity (Wildman–Crippen MR) is 91.1 cm³/mol. The van der Waals surface area contributed by atoms with Crippen molar-refractivity contribution < 1.29 is 4.79 Å². The van der Waals surface area contributed by atoms with E-state index in [9.17, 15) is 4.79 Å². The Morgan fingerprint density at radius 2 is 2.15 bits per heavy atom. The van der Waals surface area contributed by atoms with E-state index in [1.54, 1.807) is 6.07 Å². The molecule has 2 unspecified atom stereocenters. The van der Waals surface area contributed by atoms with Crippen LogP contribution in [0.2, 0.25) is 5.02 Å². The second-order valence-corrected chi connectivity index (χ2v) is 6.99. The van der Waals surface area contributed by atoms with E-state index >= 15 is 0 Å². The quantitative estimate of drug-likeness (QED) is 0.781. The largest absolute Gasteiger partial charge is 0.338 e. The second-order valence-electron chi connectivity index (χ2n) is 5.39. The Kier molecular flexibility index (Phi) is 5.69. The molecule has 0 heterocycles. The maximum Gasteiger partial charge on any atom is 0.254 e. The van der Waals surface area contributed by atoms with Crippen molar-refractivity contribution in [3.8, 4) is 0 Å². The molecule has 0 radical (unpaired) electrons. The molecule has 3 nitrogen and oxygen atoms in total. The molecule has 1 saturated carbocycles. The first-order valence-electron chi connectivity index (χ1n) is 6.97. The fourth-order valence-corrected chi connectivity index (χ4v) is 3.71. The lowest BCUT2D eigenvalue weighted by Crippen LogP contribution is -2.46. The number of nitrogens with two attached hydrogens (primary N) is 1. The fraction of sp³-hybridized carbons (Fsp3) is 0.533. The van der Waals surface area contributed by atoms with Gasteiger partial charge in [-0.3, -0.25) is 4.79 Å². The zero-order chi connectivity index (χ0) is 14.7. The molecule has 2 atom stereocenters. The van der Waals surface area contributed by atoms with Gasteiger partial charge in [0.2, 0.25) is 0 Å². The molecule has 1 aliphatic rings. The van der Waals surface area contributed by atoms with Gasteiger partial charge in [-0.1, -0.05) is 24.4 Å². The highest BCUT2D eigenvalue weighted by atomic mass is 127. The number of nitrogens with zero attached hydrogens (tertiary/aromatic N) is 1. The Bertz CT molecular complexity index is 495. The van der Waals surface area contributed by atoms with Crippen LogP contribution >= 0.6 is 34.2 Å². The van der Waals surface area contributed by atoms with Crippen molar-refractivity contribution in [1.82, 2.24) is 4.90 Å². The van der Waals surface area contributed by atoms with Gasteiger partial charge in [-0.2, -0.15) is 0 Å². The normalized spacial score (nSPS) is 22.6. The first-order chi connectivity index (χ1) is 9.54. The van der Waals surface area contributed by atoms with E-state index in [-0.39, 0.29) is 11.9 Å². The average molecular weight is 407 g/mol. The minimum Gasteiger partial charge on any atom is -0.338 e. The third-order valence-electron chi connectivity index (χ3n) is 4.15. The highest BCUT2D eigenvalue weighted by Gasteiger charge is 2.30. The number of rotatable bonds is 3. The van der Waals surface area contributed by atoms with Crippen LogP contribution < -0.4 is 5.73 Å². The van der Waals surface area contributed by atoms with Crippen molar-refractivity contribution in [1.29, 1.82) is 0 Å². The number of amides is 1. The van der Waals surface area contributed by atoms with E-state index in [4.69, 9.17) is 17.3 Å². The van der Waals surface area contributed by atoms with Crippen LogP contribution in [0.1, 0.15) is 36.0 Å². The van der Waals surface area contributed by atoms with Crippen molar-refractivity contribution in [2.45, 2.75) is 31.7 Å². The van der Waals surface area contributed by atoms with Gasteiger partial charge < -0.3 is 10.6 Å². The fourth-order valence-electron chi connectivity index (χ4n) is 2.97. The monoisotopic (exact) mass is 406 g/mol. The van der Waals surface area contributed by atoms with Crippen molar-refractivity contribution in [2.75, 3.05) is 13.6 Å². The van der Waals surface area contributed by atoms with E-state index in [1.807, 2.05) is 24.1 Å². The Labute approximate surface area is 139 Å². The maximum atomic E-state index is 12.7. The van der Waals surface area contributed by atoms with Crippen LogP contribution in [-0.2, 0) is 0 Å². The molecule has 1 amide bonds. The minimum atomic E-state index is 0.0437. The number of carbonyl (C=O) groups is 1. The van der Waals surface area contributed by atoms with Crippen LogP contribution in [0.15, 0.2) is 18.2 Å². The number of halogens is 2. The third-order valence-corrected chi connectivity index (χ3v) is 5.32. The first-order valence-corrected chi connectivity index (χ1v) is 8.42. The molecule has 1 aliphatic carbocycles. The molecule has 2 rings (SSSR count). The lowest BCUT2D eigenvalue weighted by molar-refractivity contribution is 0.0619. The van der Waals surface area contributed by atoms with Crippen LogP contribution in [0, 0.1) is 9.49 Å². The molecule has 1 fully saturated rings. The number of hydrogen-bond donors (Lipinski definition) is 1. The third kappa shape index (κ3) is 3.46. The summed E-state index contributed by atoms with van der Waals surface area (Å²) in [4.78, 5) is 14.6. The number of hydrogen-bond acceptors (Lipinski definition) is 2. The van der Waals surface area contributed by atoms with Gasteiger partial charge in [0.15, 0.2) is 0 Å². The van der Waals surface area contributed by atoms with Crippen LogP contribution in [0.3, 0.4) is 0 Å².